The largest absolute Gasteiger partial charge is 0.463 e. The molecule has 1 saturated carbocycles. The highest BCUT2D eigenvalue weighted by molar-refractivity contribution is 5.27. The Morgan fingerprint density at radius 1 is 1.05 bits per heavy atom. The fourth-order valence-corrected chi connectivity index (χ4v) is 2.00. The third-order valence-electron chi connectivity index (χ3n) is 3.35. The second-order valence-electron chi connectivity index (χ2n) is 5.04. The molecule has 20 heavy (non-hydrogen) atoms. The molecule has 0 unspecified atom stereocenters. The Bertz CT molecular complexity index is 410. The predicted octanol–water partition coefficient (Wildman–Crippen LogP) is 2.66. The molecule has 0 aromatic carbocycles. The summed E-state index contributed by atoms with van der Waals surface area (Å²) in [5, 5.41) is 3.06. The van der Waals surface area contributed by atoms with Crippen molar-refractivity contribution in [2.24, 2.45) is 5.92 Å². The molecule has 1 aromatic heterocycles. The maximum absolute atomic E-state index is 5.64. The SMILES string of the molecule is CCCOc1nc(NCC)nc(OCCC2CCC2)n1. The second-order valence-corrected chi connectivity index (χ2v) is 5.04. The van der Waals surface area contributed by atoms with Crippen LogP contribution in [0.1, 0.15) is 46.0 Å². The van der Waals surface area contributed by atoms with E-state index < -0.39 is 0 Å². The second kappa shape index (κ2) is 7.87. The Labute approximate surface area is 120 Å². The van der Waals surface area contributed by atoms with Crippen molar-refractivity contribution in [2.75, 3.05) is 25.1 Å². The van der Waals surface area contributed by atoms with Crippen LogP contribution in [0.3, 0.4) is 0 Å². The molecule has 1 fully saturated rings. The highest BCUT2D eigenvalue weighted by atomic mass is 16.5. The molecule has 0 bridgehead atoms. The van der Waals surface area contributed by atoms with E-state index in [1.165, 1.54) is 19.3 Å². The topological polar surface area (TPSA) is 69.2 Å². The van der Waals surface area contributed by atoms with Crippen LogP contribution in [-0.2, 0) is 0 Å². The first-order chi connectivity index (χ1) is 9.81. The highest BCUT2D eigenvalue weighted by Gasteiger charge is 2.17. The van der Waals surface area contributed by atoms with Crippen molar-refractivity contribution in [3.8, 4) is 12.0 Å². The maximum Gasteiger partial charge on any atom is 0.324 e. The van der Waals surface area contributed by atoms with Crippen LogP contribution in [-0.4, -0.2) is 34.7 Å². The lowest BCUT2D eigenvalue weighted by Gasteiger charge is -2.24. The first kappa shape index (κ1) is 14.8. The number of hydrogen-bond acceptors (Lipinski definition) is 6. The van der Waals surface area contributed by atoms with Crippen molar-refractivity contribution in [2.45, 2.75) is 46.0 Å². The third-order valence-corrected chi connectivity index (χ3v) is 3.35. The molecule has 0 amide bonds. The lowest BCUT2D eigenvalue weighted by atomic mass is 9.83. The number of nitrogens with zero attached hydrogens (tertiary/aromatic N) is 3. The smallest absolute Gasteiger partial charge is 0.324 e. The average molecular weight is 280 g/mol. The first-order valence-corrected chi connectivity index (χ1v) is 7.57. The summed E-state index contributed by atoms with van der Waals surface area (Å²) in [5.74, 6) is 1.33. The fraction of sp³-hybridized carbons (Fsp3) is 0.786. The summed E-state index contributed by atoms with van der Waals surface area (Å²) < 4.78 is 11.1. The quantitative estimate of drug-likeness (QED) is 0.750. The maximum atomic E-state index is 5.64. The van der Waals surface area contributed by atoms with Gasteiger partial charge in [-0.05, 0) is 25.7 Å². The minimum Gasteiger partial charge on any atom is -0.463 e. The standard InChI is InChI=1S/C14H24N4O2/c1-3-9-19-13-16-12(15-4-2)17-14(18-13)20-10-8-11-6-5-7-11/h11H,3-10H2,1-2H3,(H,15,16,17,18). The molecule has 0 aliphatic heterocycles. The zero-order valence-corrected chi connectivity index (χ0v) is 12.4. The Hall–Kier alpha value is -1.59. The molecular weight excluding hydrogens is 256 g/mol. The van der Waals surface area contributed by atoms with Crippen molar-refractivity contribution in [1.82, 2.24) is 15.0 Å². The van der Waals surface area contributed by atoms with Crippen LogP contribution in [0, 0.1) is 5.92 Å². The number of rotatable bonds is 9. The van der Waals surface area contributed by atoms with Gasteiger partial charge in [0.05, 0.1) is 13.2 Å². The van der Waals surface area contributed by atoms with Crippen LogP contribution in [0.2, 0.25) is 0 Å². The van der Waals surface area contributed by atoms with Gasteiger partial charge < -0.3 is 14.8 Å². The average Bonchev–Trinajstić information content (AvgIpc) is 2.39. The Morgan fingerprint density at radius 2 is 1.75 bits per heavy atom. The van der Waals surface area contributed by atoms with Gasteiger partial charge in [-0.15, -0.1) is 4.98 Å². The monoisotopic (exact) mass is 280 g/mol. The van der Waals surface area contributed by atoms with E-state index in [0.717, 1.165) is 25.3 Å². The number of anilines is 1. The van der Waals surface area contributed by atoms with Crippen LogP contribution in [0.25, 0.3) is 0 Å². The van der Waals surface area contributed by atoms with E-state index >= 15 is 0 Å². The summed E-state index contributed by atoms with van der Waals surface area (Å²) in [6.45, 7) is 6.04. The molecule has 6 nitrogen and oxygen atoms in total. The molecule has 2 rings (SSSR count). The predicted molar refractivity (Wildman–Crippen MR) is 77.2 cm³/mol. The summed E-state index contributed by atoms with van der Waals surface area (Å²) in [6.07, 6.45) is 6.01. The van der Waals surface area contributed by atoms with Gasteiger partial charge >= 0.3 is 12.0 Å². The molecule has 112 valence electrons. The van der Waals surface area contributed by atoms with Crippen LogP contribution < -0.4 is 14.8 Å². The van der Waals surface area contributed by atoms with Gasteiger partial charge in [0.1, 0.15) is 0 Å². The van der Waals surface area contributed by atoms with E-state index in [0.29, 0.717) is 31.2 Å². The summed E-state index contributed by atoms with van der Waals surface area (Å²) >= 11 is 0. The van der Waals surface area contributed by atoms with E-state index in [-0.39, 0.29) is 0 Å². The van der Waals surface area contributed by atoms with Crippen LogP contribution >= 0.6 is 0 Å². The molecular formula is C14H24N4O2. The Kier molecular flexibility index (Phi) is 5.83. The minimum atomic E-state index is 0.330. The fourth-order valence-electron chi connectivity index (χ4n) is 2.00. The Morgan fingerprint density at radius 3 is 2.30 bits per heavy atom. The van der Waals surface area contributed by atoms with Crippen molar-refractivity contribution in [3.05, 3.63) is 0 Å². The van der Waals surface area contributed by atoms with Gasteiger partial charge in [-0.3, -0.25) is 0 Å². The minimum absolute atomic E-state index is 0.330. The molecule has 0 radical (unpaired) electrons. The van der Waals surface area contributed by atoms with Gasteiger partial charge in [0.2, 0.25) is 5.95 Å². The molecule has 0 spiro atoms. The van der Waals surface area contributed by atoms with Gasteiger partial charge in [0.15, 0.2) is 0 Å². The zero-order chi connectivity index (χ0) is 14.2. The summed E-state index contributed by atoms with van der Waals surface area (Å²) in [7, 11) is 0. The van der Waals surface area contributed by atoms with Crippen LogP contribution in [0.15, 0.2) is 0 Å². The van der Waals surface area contributed by atoms with E-state index in [2.05, 4.69) is 20.3 Å². The number of nitrogens with one attached hydrogen (secondary N) is 1. The van der Waals surface area contributed by atoms with Gasteiger partial charge in [-0.1, -0.05) is 26.2 Å². The summed E-state index contributed by atoms with van der Waals surface area (Å²) in [5.41, 5.74) is 0. The van der Waals surface area contributed by atoms with E-state index in [9.17, 15) is 0 Å². The highest BCUT2D eigenvalue weighted by Crippen LogP contribution is 2.29. The number of aromatic nitrogens is 3. The molecule has 6 heteroatoms. The molecule has 1 heterocycles. The van der Waals surface area contributed by atoms with Gasteiger partial charge in [-0.25, -0.2) is 0 Å². The van der Waals surface area contributed by atoms with Crippen LogP contribution in [0.5, 0.6) is 12.0 Å². The zero-order valence-electron chi connectivity index (χ0n) is 12.4. The molecule has 1 aliphatic carbocycles. The molecule has 0 saturated heterocycles. The van der Waals surface area contributed by atoms with Gasteiger partial charge in [0.25, 0.3) is 0 Å². The van der Waals surface area contributed by atoms with E-state index in [1.807, 2.05) is 13.8 Å². The normalized spacial score (nSPS) is 14.7. The molecule has 1 N–H and O–H groups in total. The van der Waals surface area contributed by atoms with E-state index in [1.54, 1.807) is 0 Å². The van der Waals surface area contributed by atoms with Crippen molar-refractivity contribution < 1.29 is 9.47 Å². The summed E-state index contributed by atoms with van der Waals surface area (Å²) in [4.78, 5) is 12.6. The van der Waals surface area contributed by atoms with Crippen molar-refractivity contribution in [3.63, 3.8) is 0 Å². The molecule has 1 aromatic rings. The third kappa shape index (κ3) is 4.51. The molecule has 1 aliphatic rings. The van der Waals surface area contributed by atoms with Gasteiger partial charge in [-0.2, -0.15) is 9.97 Å². The van der Waals surface area contributed by atoms with Crippen LogP contribution in [0.4, 0.5) is 5.95 Å². The lowest BCUT2D eigenvalue weighted by molar-refractivity contribution is 0.207. The van der Waals surface area contributed by atoms with E-state index in [4.69, 9.17) is 9.47 Å². The first-order valence-electron chi connectivity index (χ1n) is 7.57. The Balaban J connectivity index is 1.91. The lowest BCUT2D eigenvalue weighted by Crippen LogP contribution is -2.15. The van der Waals surface area contributed by atoms with Crippen molar-refractivity contribution in [1.29, 1.82) is 0 Å². The number of ether oxygens (including phenoxy) is 2. The van der Waals surface area contributed by atoms with Gasteiger partial charge in [0, 0.05) is 6.54 Å². The summed E-state index contributed by atoms with van der Waals surface area (Å²) in [6, 6.07) is 0.679. The van der Waals surface area contributed by atoms with Crippen molar-refractivity contribution >= 4 is 5.95 Å². The molecule has 0 atom stereocenters. The number of hydrogen-bond donors (Lipinski definition) is 1.